The lowest BCUT2D eigenvalue weighted by Gasteiger charge is -2.32. The molecule has 1 aliphatic rings. The van der Waals surface area contributed by atoms with Crippen molar-refractivity contribution in [3.05, 3.63) is 29.8 Å². The molecule has 2 amide bonds. The molecule has 0 bridgehead atoms. The van der Waals surface area contributed by atoms with Gasteiger partial charge in [0.15, 0.2) is 0 Å². The molecule has 0 radical (unpaired) electrons. The first-order chi connectivity index (χ1) is 14.6. The topological polar surface area (TPSA) is 95.1 Å². The molecule has 1 aromatic carbocycles. The minimum absolute atomic E-state index is 0.248. The van der Waals surface area contributed by atoms with Gasteiger partial charge in [0.2, 0.25) is 5.91 Å². The van der Waals surface area contributed by atoms with Crippen molar-refractivity contribution in [1.82, 2.24) is 10.6 Å². The Morgan fingerprint density at radius 3 is 2.25 bits per heavy atom. The summed E-state index contributed by atoms with van der Waals surface area (Å²) in [5.41, 5.74) is 0.277. The van der Waals surface area contributed by atoms with Crippen LogP contribution in [0.25, 0.3) is 0 Å². The minimum Gasteiger partial charge on any atom is -0.444 e. The Kier molecular flexibility index (Phi) is 8.02. The molecule has 0 saturated carbocycles. The molecule has 9 heteroatoms. The van der Waals surface area contributed by atoms with Gasteiger partial charge in [0.05, 0.1) is 23.9 Å². The van der Waals surface area contributed by atoms with Gasteiger partial charge < -0.3 is 29.4 Å². The highest BCUT2D eigenvalue weighted by Crippen LogP contribution is 2.36. The van der Waals surface area contributed by atoms with E-state index < -0.39 is 42.2 Å². The second-order valence-electron chi connectivity index (χ2n) is 10.1. The van der Waals surface area contributed by atoms with Gasteiger partial charge in [0.1, 0.15) is 11.6 Å². The maximum absolute atomic E-state index is 12.3. The summed E-state index contributed by atoms with van der Waals surface area (Å²) in [5, 5.41) is 5.15. The molecule has 178 valence electrons. The van der Waals surface area contributed by atoms with Gasteiger partial charge in [-0.05, 0) is 66.4 Å². The standard InChI is InChI=1S/C23H37BN2O6/c1-15(18(19(27)25-9)26-20(28)30-21(2,3)4)29-14-16-11-10-12-17(13-16)24-31-22(5,6)23(7,8)32-24/h10-13,15,18H,14H2,1-9H3,(H,25,27)(H,26,28)/t15-,18+/m1/s1. The van der Waals surface area contributed by atoms with Crippen molar-refractivity contribution in [3.63, 3.8) is 0 Å². The van der Waals surface area contributed by atoms with E-state index in [1.807, 2.05) is 52.0 Å². The molecule has 1 saturated heterocycles. The van der Waals surface area contributed by atoms with Crippen molar-refractivity contribution in [1.29, 1.82) is 0 Å². The summed E-state index contributed by atoms with van der Waals surface area (Å²) in [5.74, 6) is -0.366. The molecule has 1 aromatic rings. The highest BCUT2D eigenvalue weighted by Gasteiger charge is 2.51. The lowest BCUT2D eigenvalue weighted by Crippen LogP contribution is -2.53. The van der Waals surface area contributed by atoms with Gasteiger partial charge in [-0.1, -0.05) is 24.3 Å². The Labute approximate surface area is 191 Å². The number of amides is 2. The van der Waals surface area contributed by atoms with Crippen molar-refractivity contribution in [2.24, 2.45) is 0 Å². The minimum atomic E-state index is -0.902. The van der Waals surface area contributed by atoms with E-state index in [2.05, 4.69) is 10.6 Å². The monoisotopic (exact) mass is 448 g/mol. The first-order valence-corrected chi connectivity index (χ1v) is 10.9. The number of carbonyl (C=O) groups excluding carboxylic acids is 2. The van der Waals surface area contributed by atoms with Gasteiger partial charge in [0, 0.05) is 7.05 Å². The van der Waals surface area contributed by atoms with Gasteiger partial charge in [-0.25, -0.2) is 4.79 Å². The summed E-state index contributed by atoms with van der Waals surface area (Å²) in [6.07, 6.45) is -1.27. The zero-order valence-electron chi connectivity index (χ0n) is 20.7. The summed E-state index contributed by atoms with van der Waals surface area (Å²) < 4.78 is 23.4. The predicted octanol–water partition coefficient (Wildman–Crippen LogP) is 2.53. The third-order valence-electron chi connectivity index (χ3n) is 5.66. The first kappa shape index (κ1) is 26.2. The number of hydrogen-bond donors (Lipinski definition) is 2. The summed E-state index contributed by atoms with van der Waals surface area (Å²) >= 11 is 0. The van der Waals surface area contributed by atoms with Gasteiger partial charge in [0.25, 0.3) is 0 Å². The second-order valence-corrected chi connectivity index (χ2v) is 10.1. The first-order valence-electron chi connectivity index (χ1n) is 10.9. The smallest absolute Gasteiger partial charge is 0.444 e. The fraction of sp³-hybridized carbons (Fsp3) is 0.652. The van der Waals surface area contributed by atoms with E-state index in [1.165, 1.54) is 7.05 Å². The third kappa shape index (κ3) is 6.70. The molecule has 1 aliphatic heterocycles. The summed E-state index contributed by atoms with van der Waals surface area (Å²) in [4.78, 5) is 24.5. The molecule has 0 spiro atoms. The van der Waals surface area contributed by atoms with Crippen LogP contribution in [0.2, 0.25) is 0 Å². The van der Waals surface area contributed by atoms with Crippen LogP contribution in [0.15, 0.2) is 24.3 Å². The maximum Gasteiger partial charge on any atom is 0.494 e. The molecule has 1 heterocycles. The van der Waals surface area contributed by atoms with Gasteiger partial charge in [-0.2, -0.15) is 0 Å². The number of rotatable bonds is 7. The fourth-order valence-corrected chi connectivity index (χ4v) is 3.12. The molecule has 0 aliphatic carbocycles. The zero-order valence-corrected chi connectivity index (χ0v) is 20.7. The van der Waals surface area contributed by atoms with Crippen LogP contribution in [-0.2, 0) is 30.2 Å². The van der Waals surface area contributed by atoms with Crippen LogP contribution >= 0.6 is 0 Å². The average Bonchev–Trinajstić information content (AvgIpc) is 2.90. The number of hydrogen-bond acceptors (Lipinski definition) is 6. The van der Waals surface area contributed by atoms with Crippen LogP contribution in [0.3, 0.4) is 0 Å². The fourth-order valence-electron chi connectivity index (χ4n) is 3.12. The molecule has 32 heavy (non-hydrogen) atoms. The highest BCUT2D eigenvalue weighted by molar-refractivity contribution is 6.62. The number of ether oxygens (including phenoxy) is 2. The quantitative estimate of drug-likeness (QED) is 0.623. The van der Waals surface area contributed by atoms with Crippen LogP contribution in [-0.4, -0.2) is 55.1 Å². The molecular weight excluding hydrogens is 411 g/mol. The molecule has 1 fully saturated rings. The molecule has 0 unspecified atom stereocenters. The van der Waals surface area contributed by atoms with Crippen LogP contribution < -0.4 is 16.1 Å². The lowest BCUT2D eigenvalue weighted by atomic mass is 9.78. The van der Waals surface area contributed by atoms with Crippen molar-refractivity contribution >= 4 is 24.6 Å². The number of likely N-dealkylation sites (N-methyl/N-ethyl adjacent to an activating group) is 1. The van der Waals surface area contributed by atoms with Crippen molar-refractivity contribution in [2.45, 2.75) is 90.9 Å². The van der Waals surface area contributed by atoms with E-state index in [1.54, 1.807) is 27.7 Å². The highest BCUT2D eigenvalue weighted by atomic mass is 16.7. The van der Waals surface area contributed by atoms with E-state index >= 15 is 0 Å². The Balaban J connectivity index is 2.04. The number of carbonyl (C=O) groups is 2. The Bertz CT molecular complexity index is 805. The van der Waals surface area contributed by atoms with E-state index in [0.717, 1.165) is 11.0 Å². The van der Waals surface area contributed by atoms with Crippen molar-refractivity contribution in [3.8, 4) is 0 Å². The van der Waals surface area contributed by atoms with E-state index in [-0.39, 0.29) is 12.5 Å². The average molecular weight is 448 g/mol. The molecular formula is C23H37BN2O6. The van der Waals surface area contributed by atoms with Crippen LogP contribution in [0.4, 0.5) is 4.79 Å². The second kappa shape index (κ2) is 9.81. The normalized spacial score (nSPS) is 19.2. The van der Waals surface area contributed by atoms with Gasteiger partial charge in [-0.3, -0.25) is 4.79 Å². The van der Waals surface area contributed by atoms with Crippen LogP contribution in [0, 0.1) is 0 Å². The zero-order chi connectivity index (χ0) is 24.3. The van der Waals surface area contributed by atoms with Crippen LogP contribution in [0.1, 0.15) is 61.0 Å². The summed E-state index contributed by atoms with van der Waals surface area (Å²) in [7, 11) is 1.04. The molecule has 8 nitrogen and oxygen atoms in total. The van der Waals surface area contributed by atoms with Gasteiger partial charge in [-0.15, -0.1) is 0 Å². The maximum atomic E-state index is 12.3. The number of alkyl carbamates (subject to hydrolysis) is 1. The van der Waals surface area contributed by atoms with Crippen LogP contribution in [0.5, 0.6) is 0 Å². The van der Waals surface area contributed by atoms with Crippen molar-refractivity contribution in [2.75, 3.05) is 7.05 Å². The lowest BCUT2D eigenvalue weighted by molar-refractivity contribution is -0.126. The van der Waals surface area contributed by atoms with E-state index in [9.17, 15) is 9.59 Å². The molecule has 2 rings (SSSR count). The summed E-state index contributed by atoms with van der Waals surface area (Å²) in [6.45, 7) is 15.3. The number of benzene rings is 1. The molecule has 2 atom stereocenters. The molecule has 2 N–H and O–H groups in total. The van der Waals surface area contributed by atoms with E-state index in [0.29, 0.717) is 0 Å². The van der Waals surface area contributed by atoms with E-state index in [4.69, 9.17) is 18.8 Å². The predicted molar refractivity (Wildman–Crippen MR) is 124 cm³/mol. The Morgan fingerprint density at radius 2 is 1.72 bits per heavy atom. The Hall–Kier alpha value is -2.10. The van der Waals surface area contributed by atoms with Gasteiger partial charge >= 0.3 is 13.2 Å². The summed E-state index contributed by atoms with van der Waals surface area (Å²) in [6, 6.07) is 6.86. The Morgan fingerprint density at radius 1 is 1.12 bits per heavy atom. The number of nitrogens with one attached hydrogen (secondary N) is 2. The third-order valence-corrected chi connectivity index (χ3v) is 5.66. The largest absolute Gasteiger partial charge is 0.494 e. The molecule has 0 aromatic heterocycles. The SMILES string of the molecule is CNC(=O)[C@@H](NC(=O)OC(C)(C)C)[C@@H](C)OCc1cccc(B2OC(C)(C)C(C)(C)O2)c1. The van der Waals surface area contributed by atoms with Crippen molar-refractivity contribution < 1.29 is 28.4 Å².